The average Bonchev–Trinajstić information content (AvgIpc) is 2.45. The van der Waals surface area contributed by atoms with Crippen molar-refractivity contribution in [2.75, 3.05) is 0 Å². The number of hydrogen-bond donors (Lipinski definition) is 2. The van der Waals surface area contributed by atoms with Gasteiger partial charge in [-0.15, -0.1) is 0 Å². The summed E-state index contributed by atoms with van der Waals surface area (Å²) in [5.41, 5.74) is 4.41. The van der Waals surface area contributed by atoms with Gasteiger partial charge in [0.1, 0.15) is 5.75 Å². The van der Waals surface area contributed by atoms with E-state index in [9.17, 15) is 5.11 Å². The van der Waals surface area contributed by atoms with Gasteiger partial charge in [0.05, 0.1) is 0 Å². The van der Waals surface area contributed by atoms with Crippen molar-refractivity contribution in [3.8, 4) is 5.75 Å². The fourth-order valence-corrected chi connectivity index (χ4v) is 2.77. The summed E-state index contributed by atoms with van der Waals surface area (Å²) in [5, 5.41) is 13.5. The minimum Gasteiger partial charge on any atom is -0.507 e. The maximum absolute atomic E-state index is 9.85. The average molecular weight is 283 g/mol. The zero-order valence-corrected chi connectivity index (χ0v) is 13.4. The Bertz CT molecular complexity index is 567. The molecule has 2 nitrogen and oxygen atoms in total. The Morgan fingerprint density at radius 3 is 2.10 bits per heavy atom. The smallest absolute Gasteiger partial charge is 0.121 e. The normalized spacial score (nSPS) is 12.6. The highest BCUT2D eigenvalue weighted by Gasteiger charge is 2.15. The van der Waals surface area contributed by atoms with Gasteiger partial charge in [0.25, 0.3) is 0 Å². The van der Waals surface area contributed by atoms with Crippen molar-refractivity contribution in [2.45, 2.75) is 40.3 Å². The Kier molecular flexibility index (Phi) is 5.03. The summed E-state index contributed by atoms with van der Waals surface area (Å²) in [5.74, 6) is 0.925. The first kappa shape index (κ1) is 15.6. The Balaban J connectivity index is 2.13. The summed E-state index contributed by atoms with van der Waals surface area (Å²) in [6, 6.07) is 15.0. The van der Waals surface area contributed by atoms with E-state index in [0.717, 1.165) is 17.7 Å². The number of hydrogen-bond acceptors (Lipinski definition) is 2. The third-order valence-corrected chi connectivity index (χ3v) is 3.90. The van der Waals surface area contributed by atoms with Crippen LogP contribution in [-0.2, 0) is 6.54 Å². The van der Waals surface area contributed by atoms with Crippen molar-refractivity contribution in [1.29, 1.82) is 0 Å². The van der Waals surface area contributed by atoms with E-state index in [1.54, 1.807) is 0 Å². The van der Waals surface area contributed by atoms with Gasteiger partial charge in [-0.05, 0) is 42.0 Å². The van der Waals surface area contributed by atoms with E-state index in [2.05, 4.69) is 55.6 Å². The predicted octanol–water partition coefficient (Wildman–Crippen LogP) is 4.50. The topological polar surface area (TPSA) is 32.3 Å². The van der Waals surface area contributed by atoms with Gasteiger partial charge in [-0.1, -0.05) is 56.3 Å². The summed E-state index contributed by atoms with van der Waals surface area (Å²) in [7, 11) is 0. The molecule has 0 fully saturated rings. The van der Waals surface area contributed by atoms with Crippen LogP contribution in [0.15, 0.2) is 42.5 Å². The second-order valence-corrected chi connectivity index (χ2v) is 6.09. The van der Waals surface area contributed by atoms with E-state index in [4.69, 9.17) is 0 Å². The molecular weight excluding hydrogens is 258 g/mol. The lowest BCUT2D eigenvalue weighted by Crippen LogP contribution is -2.25. The second kappa shape index (κ2) is 6.77. The number of aromatic hydroxyl groups is 1. The fourth-order valence-electron chi connectivity index (χ4n) is 2.77. The number of benzene rings is 2. The lowest BCUT2D eigenvalue weighted by Gasteiger charge is -2.23. The van der Waals surface area contributed by atoms with E-state index in [0.29, 0.717) is 17.7 Å². The highest BCUT2D eigenvalue weighted by Crippen LogP contribution is 2.25. The van der Waals surface area contributed by atoms with Gasteiger partial charge < -0.3 is 10.4 Å². The molecule has 0 amide bonds. The van der Waals surface area contributed by atoms with Crippen LogP contribution in [-0.4, -0.2) is 5.11 Å². The Hall–Kier alpha value is -1.80. The molecule has 2 heteroatoms. The first-order valence-corrected chi connectivity index (χ1v) is 7.56. The third kappa shape index (κ3) is 3.85. The van der Waals surface area contributed by atoms with Gasteiger partial charge >= 0.3 is 0 Å². The minimum absolute atomic E-state index is 0.334. The maximum Gasteiger partial charge on any atom is 0.121 e. The number of phenolic OH excluding ortho intramolecular Hbond substituents is 1. The van der Waals surface area contributed by atoms with Crippen LogP contribution in [0, 0.1) is 19.8 Å². The minimum atomic E-state index is 0.334. The molecule has 1 unspecified atom stereocenters. The van der Waals surface area contributed by atoms with Gasteiger partial charge in [0.2, 0.25) is 0 Å². The largest absolute Gasteiger partial charge is 0.507 e. The molecule has 2 aromatic carbocycles. The summed E-state index contributed by atoms with van der Waals surface area (Å²) < 4.78 is 0. The maximum atomic E-state index is 9.85. The molecule has 0 aliphatic carbocycles. The zero-order valence-electron chi connectivity index (χ0n) is 13.4. The highest BCUT2D eigenvalue weighted by atomic mass is 16.3. The molecule has 0 aliphatic heterocycles. The van der Waals surface area contributed by atoms with Crippen molar-refractivity contribution in [1.82, 2.24) is 5.32 Å². The highest BCUT2D eigenvalue weighted by molar-refractivity contribution is 5.42. The van der Waals surface area contributed by atoms with Gasteiger partial charge in [0, 0.05) is 12.6 Å². The molecule has 0 radical (unpaired) electrons. The van der Waals surface area contributed by atoms with Crippen molar-refractivity contribution < 1.29 is 5.11 Å². The first-order chi connectivity index (χ1) is 9.99. The molecule has 0 saturated carbocycles. The number of rotatable bonds is 5. The molecule has 2 aromatic rings. The van der Waals surface area contributed by atoms with Crippen molar-refractivity contribution in [2.24, 2.45) is 5.92 Å². The molecule has 2 rings (SSSR count). The molecule has 112 valence electrons. The summed E-state index contributed by atoms with van der Waals surface area (Å²) >= 11 is 0. The van der Waals surface area contributed by atoms with Gasteiger partial charge in [-0.2, -0.15) is 0 Å². The first-order valence-electron chi connectivity index (χ1n) is 7.56. The van der Waals surface area contributed by atoms with Crippen LogP contribution in [0.5, 0.6) is 5.75 Å². The molecule has 1 atom stereocenters. The quantitative estimate of drug-likeness (QED) is 0.847. The van der Waals surface area contributed by atoms with E-state index in [1.165, 1.54) is 11.1 Å². The van der Waals surface area contributed by atoms with Crippen LogP contribution < -0.4 is 5.32 Å². The van der Waals surface area contributed by atoms with E-state index in [1.807, 2.05) is 19.9 Å². The predicted molar refractivity (Wildman–Crippen MR) is 88.4 cm³/mol. The SMILES string of the molecule is Cc1cc(CNC(c2ccccc2)C(C)C)cc(C)c1O. The van der Waals surface area contributed by atoms with Crippen molar-refractivity contribution in [3.05, 3.63) is 64.7 Å². The van der Waals surface area contributed by atoms with Crippen LogP contribution in [0.25, 0.3) is 0 Å². The van der Waals surface area contributed by atoms with Crippen LogP contribution in [0.4, 0.5) is 0 Å². The van der Waals surface area contributed by atoms with Crippen LogP contribution in [0.1, 0.15) is 42.1 Å². The monoisotopic (exact) mass is 283 g/mol. The lowest BCUT2D eigenvalue weighted by atomic mass is 9.95. The third-order valence-electron chi connectivity index (χ3n) is 3.90. The fraction of sp³-hybridized carbons (Fsp3) is 0.368. The molecule has 21 heavy (non-hydrogen) atoms. The number of nitrogens with one attached hydrogen (secondary N) is 1. The van der Waals surface area contributed by atoms with E-state index >= 15 is 0 Å². The Morgan fingerprint density at radius 1 is 1.00 bits per heavy atom. The molecule has 0 saturated heterocycles. The molecule has 0 aromatic heterocycles. The molecule has 0 heterocycles. The van der Waals surface area contributed by atoms with Crippen LogP contribution in [0.3, 0.4) is 0 Å². The standard InChI is InChI=1S/C19H25NO/c1-13(2)18(17-8-6-5-7-9-17)20-12-16-10-14(3)19(21)15(4)11-16/h5-11,13,18,20-21H,12H2,1-4H3. The number of aryl methyl sites for hydroxylation is 2. The molecule has 0 spiro atoms. The van der Waals surface area contributed by atoms with E-state index in [-0.39, 0.29) is 0 Å². The van der Waals surface area contributed by atoms with E-state index < -0.39 is 0 Å². The van der Waals surface area contributed by atoms with Crippen LogP contribution >= 0.6 is 0 Å². The molecule has 0 bridgehead atoms. The lowest BCUT2D eigenvalue weighted by molar-refractivity contribution is 0.410. The van der Waals surface area contributed by atoms with Crippen LogP contribution in [0.2, 0.25) is 0 Å². The number of phenols is 1. The van der Waals surface area contributed by atoms with Gasteiger partial charge in [-0.25, -0.2) is 0 Å². The molecule has 0 aliphatic rings. The van der Waals surface area contributed by atoms with Crippen molar-refractivity contribution in [3.63, 3.8) is 0 Å². The summed E-state index contributed by atoms with van der Waals surface area (Å²) in [4.78, 5) is 0. The summed E-state index contributed by atoms with van der Waals surface area (Å²) in [6.07, 6.45) is 0. The van der Waals surface area contributed by atoms with Crippen molar-refractivity contribution >= 4 is 0 Å². The van der Waals surface area contributed by atoms with Gasteiger partial charge in [-0.3, -0.25) is 0 Å². The molecule has 2 N–H and O–H groups in total. The van der Waals surface area contributed by atoms with Gasteiger partial charge in [0.15, 0.2) is 0 Å². The summed E-state index contributed by atoms with van der Waals surface area (Å²) in [6.45, 7) is 9.17. The second-order valence-electron chi connectivity index (χ2n) is 6.09. The Morgan fingerprint density at radius 2 is 1.57 bits per heavy atom. The molecular formula is C19H25NO. The zero-order chi connectivity index (χ0) is 15.4. The Labute approximate surface area is 127 Å².